The molecular formula is C21H25Cl2N5O4. The maximum Gasteiger partial charge on any atom is 0.320 e. The van der Waals surface area contributed by atoms with Crippen molar-refractivity contribution in [2.75, 3.05) is 12.4 Å². The Balaban J connectivity index is 1.83. The van der Waals surface area contributed by atoms with Gasteiger partial charge < -0.3 is 20.3 Å². The lowest BCUT2D eigenvalue weighted by Gasteiger charge is -2.24. The summed E-state index contributed by atoms with van der Waals surface area (Å²) >= 11 is 12.2. The molecule has 5 N–H and O–H groups in total. The van der Waals surface area contributed by atoms with Crippen LogP contribution in [-0.4, -0.2) is 44.6 Å². The van der Waals surface area contributed by atoms with Crippen molar-refractivity contribution in [2.24, 2.45) is 5.92 Å². The molecule has 0 radical (unpaired) electrons. The summed E-state index contributed by atoms with van der Waals surface area (Å²) in [6, 6.07) is 5.76. The second-order valence-electron chi connectivity index (χ2n) is 7.55. The molecule has 32 heavy (non-hydrogen) atoms. The molecule has 9 nitrogen and oxygen atoms in total. The molecule has 0 saturated carbocycles. The summed E-state index contributed by atoms with van der Waals surface area (Å²) < 4.78 is 5.17. The number of nitrogens with zero attached hydrogens (tertiary/aromatic N) is 2. The minimum absolute atomic E-state index is 0.0947. The number of rotatable bonds is 8. The second-order valence-corrected chi connectivity index (χ2v) is 8.36. The Labute approximate surface area is 195 Å². The quantitative estimate of drug-likeness (QED) is 0.329. The monoisotopic (exact) mass is 481 g/mol. The molecule has 0 aliphatic heterocycles. The van der Waals surface area contributed by atoms with Gasteiger partial charge in [0.05, 0.1) is 52.5 Å². The predicted molar refractivity (Wildman–Crippen MR) is 123 cm³/mol. The lowest BCUT2D eigenvalue weighted by atomic mass is 9.93. The van der Waals surface area contributed by atoms with Crippen LogP contribution in [0, 0.1) is 5.92 Å². The van der Waals surface area contributed by atoms with Crippen LogP contribution in [0.4, 0.5) is 10.6 Å². The summed E-state index contributed by atoms with van der Waals surface area (Å²) in [4.78, 5) is 17.1. The number of benzene rings is 1. The summed E-state index contributed by atoms with van der Waals surface area (Å²) in [6.07, 6.45) is -0.0912. The highest BCUT2D eigenvalue weighted by Crippen LogP contribution is 2.30. The minimum Gasteiger partial charge on any atom is -0.479 e. The number of nitrogens with one attached hydrogen (secondary N) is 3. The summed E-state index contributed by atoms with van der Waals surface area (Å²) in [7, 11) is 1.47. The van der Waals surface area contributed by atoms with Crippen LogP contribution in [0.5, 0.6) is 5.88 Å². The molecule has 3 unspecified atom stereocenters. The fourth-order valence-electron chi connectivity index (χ4n) is 3.30. The molecule has 2 heterocycles. The van der Waals surface area contributed by atoms with Crippen LogP contribution in [0.3, 0.4) is 0 Å². The van der Waals surface area contributed by atoms with E-state index in [0.717, 1.165) is 5.56 Å². The van der Waals surface area contributed by atoms with Gasteiger partial charge in [0, 0.05) is 6.07 Å². The number of urea groups is 1. The first-order chi connectivity index (χ1) is 15.2. The van der Waals surface area contributed by atoms with Gasteiger partial charge in [0.2, 0.25) is 5.88 Å². The van der Waals surface area contributed by atoms with Gasteiger partial charge in [0.15, 0.2) is 0 Å². The van der Waals surface area contributed by atoms with Gasteiger partial charge in [-0.3, -0.25) is 10.4 Å². The van der Waals surface area contributed by atoms with Gasteiger partial charge >= 0.3 is 6.03 Å². The standard InChI is InChI=1S/C21H25Cl2N5O4/c1-10(11(2)30)6-15(12-4-5-13(22)14(23)7-12)25-21(31)26-18-8-16-19(17(9-29)24-18)20(32-3)28-27-16/h4-5,7-8,10-11,15,29-30H,6,9H2,1-3H3,(H,27,28)(H2,24,25,26,31). The highest BCUT2D eigenvalue weighted by Gasteiger charge is 2.22. The third-order valence-corrected chi connectivity index (χ3v) is 5.99. The number of aliphatic hydroxyl groups is 2. The lowest BCUT2D eigenvalue weighted by Crippen LogP contribution is -2.34. The summed E-state index contributed by atoms with van der Waals surface area (Å²) in [5.41, 5.74) is 1.62. The molecule has 0 aliphatic carbocycles. The molecule has 0 aliphatic rings. The van der Waals surface area contributed by atoms with Crippen molar-refractivity contribution in [3.8, 4) is 5.88 Å². The van der Waals surface area contributed by atoms with E-state index >= 15 is 0 Å². The molecule has 0 bridgehead atoms. The molecule has 3 aromatic rings. The van der Waals surface area contributed by atoms with Crippen LogP contribution in [-0.2, 0) is 6.61 Å². The number of amides is 2. The molecule has 1 aromatic carbocycles. The Kier molecular flexibility index (Phi) is 7.78. The molecular weight excluding hydrogens is 457 g/mol. The van der Waals surface area contributed by atoms with Gasteiger partial charge in [-0.15, -0.1) is 5.10 Å². The summed E-state index contributed by atoms with van der Waals surface area (Å²) in [5, 5.41) is 33.3. The smallest absolute Gasteiger partial charge is 0.320 e. The number of fused-ring (bicyclic) bond motifs is 1. The van der Waals surface area contributed by atoms with Crippen LogP contribution in [0.2, 0.25) is 10.0 Å². The number of carbonyl (C=O) groups excluding carboxylic acids is 1. The molecule has 0 spiro atoms. The Hall–Kier alpha value is -2.59. The first-order valence-corrected chi connectivity index (χ1v) is 10.7. The Morgan fingerprint density at radius 2 is 2.00 bits per heavy atom. The van der Waals surface area contributed by atoms with Crippen molar-refractivity contribution < 1.29 is 19.7 Å². The van der Waals surface area contributed by atoms with Crippen molar-refractivity contribution in [3.63, 3.8) is 0 Å². The Morgan fingerprint density at radius 3 is 2.62 bits per heavy atom. The number of anilines is 1. The number of aromatic amines is 1. The molecule has 3 rings (SSSR count). The van der Waals surface area contributed by atoms with E-state index in [2.05, 4.69) is 25.8 Å². The van der Waals surface area contributed by atoms with E-state index in [1.807, 2.05) is 6.92 Å². The van der Waals surface area contributed by atoms with Crippen molar-refractivity contribution >= 4 is 46.0 Å². The first-order valence-electron chi connectivity index (χ1n) is 9.96. The van der Waals surface area contributed by atoms with Gasteiger partial charge in [-0.05, 0) is 37.0 Å². The van der Waals surface area contributed by atoms with Crippen molar-refractivity contribution in [1.82, 2.24) is 20.5 Å². The van der Waals surface area contributed by atoms with E-state index in [9.17, 15) is 15.0 Å². The zero-order valence-corrected chi connectivity index (χ0v) is 19.3. The van der Waals surface area contributed by atoms with Crippen LogP contribution in [0.1, 0.15) is 37.6 Å². The molecule has 0 saturated heterocycles. The number of aromatic nitrogens is 3. The number of ether oxygens (including phenoxy) is 1. The molecule has 3 atom stereocenters. The van der Waals surface area contributed by atoms with E-state index in [4.69, 9.17) is 27.9 Å². The van der Waals surface area contributed by atoms with Gasteiger partial charge in [0.1, 0.15) is 5.82 Å². The number of pyridine rings is 1. The number of aliphatic hydroxyl groups excluding tert-OH is 2. The van der Waals surface area contributed by atoms with Crippen LogP contribution >= 0.6 is 23.2 Å². The van der Waals surface area contributed by atoms with E-state index in [-0.39, 0.29) is 18.3 Å². The number of hydrogen-bond donors (Lipinski definition) is 5. The number of H-pyrrole nitrogens is 1. The fourth-order valence-corrected chi connectivity index (χ4v) is 3.61. The number of halogens is 2. The predicted octanol–water partition coefficient (Wildman–Crippen LogP) is 4.04. The average molecular weight is 482 g/mol. The largest absolute Gasteiger partial charge is 0.479 e. The third kappa shape index (κ3) is 5.42. The fraction of sp³-hybridized carbons (Fsp3) is 0.381. The number of carbonyl (C=O) groups is 1. The van der Waals surface area contributed by atoms with Crippen molar-refractivity contribution in [1.29, 1.82) is 0 Å². The average Bonchev–Trinajstić information content (AvgIpc) is 3.17. The van der Waals surface area contributed by atoms with Gasteiger partial charge in [-0.2, -0.15) is 0 Å². The zero-order chi connectivity index (χ0) is 23.4. The highest BCUT2D eigenvalue weighted by atomic mass is 35.5. The molecule has 11 heteroatoms. The van der Waals surface area contributed by atoms with Crippen LogP contribution < -0.4 is 15.4 Å². The second kappa shape index (κ2) is 10.4. The van der Waals surface area contributed by atoms with E-state index in [1.165, 1.54) is 7.11 Å². The molecule has 2 amide bonds. The summed E-state index contributed by atoms with van der Waals surface area (Å²) in [6.45, 7) is 3.23. The maximum atomic E-state index is 12.8. The molecule has 172 valence electrons. The van der Waals surface area contributed by atoms with Crippen molar-refractivity contribution in [2.45, 2.75) is 39.0 Å². The molecule has 0 fully saturated rings. The molecule has 2 aromatic heterocycles. The van der Waals surface area contributed by atoms with Gasteiger partial charge in [-0.1, -0.05) is 36.2 Å². The van der Waals surface area contributed by atoms with Gasteiger partial charge in [-0.25, -0.2) is 9.78 Å². The Morgan fingerprint density at radius 1 is 1.25 bits per heavy atom. The SMILES string of the molecule is COc1n[nH]c2cc(NC(=O)NC(CC(C)C(C)O)c3ccc(Cl)c(Cl)c3)nc(CO)c12. The first kappa shape index (κ1) is 24.1. The third-order valence-electron chi connectivity index (χ3n) is 5.25. The normalized spacial score (nSPS) is 14.1. The van der Waals surface area contributed by atoms with Crippen LogP contribution in [0.25, 0.3) is 10.9 Å². The zero-order valence-electron chi connectivity index (χ0n) is 17.8. The van der Waals surface area contributed by atoms with E-state index < -0.39 is 18.2 Å². The van der Waals surface area contributed by atoms with Crippen LogP contribution in [0.15, 0.2) is 24.3 Å². The highest BCUT2D eigenvalue weighted by molar-refractivity contribution is 6.42. The lowest BCUT2D eigenvalue weighted by molar-refractivity contribution is 0.123. The Bertz CT molecular complexity index is 1110. The topological polar surface area (TPSA) is 132 Å². The summed E-state index contributed by atoms with van der Waals surface area (Å²) in [5.74, 6) is 0.434. The maximum absolute atomic E-state index is 12.8. The van der Waals surface area contributed by atoms with E-state index in [1.54, 1.807) is 31.2 Å². The number of hydrogen-bond acceptors (Lipinski definition) is 6. The van der Waals surface area contributed by atoms with Crippen molar-refractivity contribution in [3.05, 3.63) is 45.6 Å². The number of methoxy groups -OCH3 is 1. The van der Waals surface area contributed by atoms with E-state index in [0.29, 0.717) is 38.9 Å². The minimum atomic E-state index is -0.559. The van der Waals surface area contributed by atoms with Gasteiger partial charge in [0.25, 0.3) is 0 Å².